The average Bonchev–Trinajstić information content (AvgIpc) is 3.65. The van der Waals surface area contributed by atoms with E-state index in [0.29, 0.717) is 51.8 Å². The molecule has 1 N–H and O–H groups in total. The van der Waals surface area contributed by atoms with Gasteiger partial charge in [-0.05, 0) is 55.2 Å². The fourth-order valence-electron chi connectivity index (χ4n) is 3.96. The van der Waals surface area contributed by atoms with Crippen LogP contribution < -0.4 is 9.47 Å². The first-order chi connectivity index (χ1) is 17.5. The molecule has 8 nitrogen and oxygen atoms in total. The number of ether oxygens (including phenoxy) is 3. The van der Waals surface area contributed by atoms with Gasteiger partial charge in [0.25, 0.3) is 0 Å². The number of aliphatic hydroxyl groups is 1. The topological polar surface area (TPSA) is 95.2 Å². The minimum absolute atomic E-state index is 0.0449. The molecule has 0 saturated heterocycles. The van der Waals surface area contributed by atoms with Crippen LogP contribution in [0.3, 0.4) is 0 Å². The number of nitrogens with zero attached hydrogens (tertiary/aromatic N) is 3. The third kappa shape index (κ3) is 4.72. The molecule has 186 valence electrons. The van der Waals surface area contributed by atoms with Crippen LogP contribution in [-0.2, 0) is 11.3 Å². The highest BCUT2D eigenvalue weighted by Gasteiger charge is 2.24. The summed E-state index contributed by atoms with van der Waals surface area (Å²) >= 11 is 0. The maximum Gasteiger partial charge on any atom is 0.387 e. The molecule has 1 aliphatic rings. The van der Waals surface area contributed by atoms with Gasteiger partial charge in [0.05, 0.1) is 37.1 Å². The van der Waals surface area contributed by atoms with Crippen LogP contribution >= 0.6 is 0 Å². The number of aliphatic hydroxyl groups excluding tert-OH is 1. The highest BCUT2D eigenvalue weighted by molar-refractivity contribution is 5.91. The molecular weight excluding hydrogens is 472 g/mol. The summed E-state index contributed by atoms with van der Waals surface area (Å²) in [6.45, 7) is -2.89. The Hall–Kier alpha value is -4.05. The van der Waals surface area contributed by atoms with Gasteiger partial charge in [-0.15, -0.1) is 0 Å². The van der Waals surface area contributed by atoms with Gasteiger partial charge in [-0.2, -0.15) is 13.9 Å². The summed E-state index contributed by atoms with van der Waals surface area (Å²) in [7, 11) is 1.30. The molecule has 0 aliphatic heterocycles. The molecule has 36 heavy (non-hydrogen) atoms. The van der Waals surface area contributed by atoms with Crippen molar-refractivity contribution in [3.63, 3.8) is 0 Å². The van der Waals surface area contributed by atoms with Gasteiger partial charge in [0.15, 0.2) is 17.1 Å². The molecule has 5 rings (SSSR count). The van der Waals surface area contributed by atoms with Gasteiger partial charge in [-0.25, -0.2) is 14.3 Å². The number of carbonyl (C=O) groups excluding carboxylic acids is 1. The van der Waals surface area contributed by atoms with E-state index in [9.17, 15) is 18.7 Å². The highest BCUT2D eigenvalue weighted by atomic mass is 19.3. The smallest absolute Gasteiger partial charge is 0.387 e. The van der Waals surface area contributed by atoms with Crippen molar-refractivity contribution < 1.29 is 32.9 Å². The Balaban J connectivity index is 1.60. The zero-order valence-electron chi connectivity index (χ0n) is 19.4. The first kappa shape index (κ1) is 23.7. The lowest BCUT2D eigenvalue weighted by atomic mass is 10.1. The van der Waals surface area contributed by atoms with E-state index >= 15 is 0 Å². The Morgan fingerprint density at radius 2 is 1.97 bits per heavy atom. The second-order valence-electron chi connectivity index (χ2n) is 8.42. The maximum atomic E-state index is 12.9. The van der Waals surface area contributed by atoms with E-state index in [2.05, 4.69) is 9.72 Å². The molecule has 2 aromatic carbocycles. The van der Waals surface area contributed by atoms with E-state index in [0.717, 1.165) is 12.8 Å². The normalized spacial score (nSPS) is 13.2. The molecule has 1 aliphatic carbocycles. The molecule has 0 spiro atoms. The Bertz CT molecular complexity index is 1420. The van der Waals surface area contributed by atoms with Crippen molar-refractivity contribution in [3.05, 3.63) is 65.9 Å². The molecule has 2 aromatic heterocycles. The van der Waals surface area contributed by atoms with Gasteiger partial charge in [0, 0.05) is 17.3 Å². The van der Waals surface area contributed by atoms with Gasteiger partial charge in [0.2, 0.25) is 0 Å². The Kier molecular flexibility index (Phi) is 6.51. The van der Waals surface area contributed by atoms with Crippen LogP contribution in [0, 0.1) is 5.92 Å². The van der Waals surface area contributed by atoms with Crippen molar-refractivity contribution in [2.45, 2.75) is 26.1 Å². The number of alkyl halides is 2. The summed E-state index contributed by atoms with van der Waals surface area (Å²) in [5.74, 6) is 0.0961. The second kappa shape index (κ2) is 9.90. The van der Waals surface area contributed by atoms with Crippen molar-refractivity contribution in [2.75, 3.05) is 13.7 Å². The molecule has 1 fully saturated rings. The first-order valence-corrected chi connectivity index (χ1v) is 11.4. The molecule has 0 bridgehead atoms. The highest BCUT2D eigenvalue weighted by Crippen LogP contribution is 2.37. The largest absolute Gasteiger partial charge is 0.489 e. The molecule has 1 saturated carbocycles. The Labute approximate surface area is 205 Å². The van der Waals surface area contributed by atoms with E-state index < -0.39 is 12.6 Å². The summed E-state index contributed by atoms with van der Waals surface area (Å²) < 4.78 is 42.7. The van der Waals surface area contributed by atoms with E-state index in [1.165, 1.54) is 13.2 Å². The zero-order valence-corrected chi connectivity index (χ0v) is 19.4. The fourth-order valence-corrected chi connectivity index (χ4v) is 3.96. The van der Waals surface area contributed by atoms with E-state index in [1.807, 2.05) is 0 Å². The maximum absolute atomic E-state index is 12.9. The number of fused-ring (bicyclic) bond motifs is 1. The SMILES string of the molecule is COC(=O)c1cccc(-c2nn3c(-c4ccc(OC(F)F)c(OCC5CC5)c4)ccnc3c2CO)c1. The average molecular weight is 495 g/mol. The van der Waals surface area contributed by atoms with Crippen molar-refractivity contribution >= 4 is 11.6 Å². The third-order valence-electron chi connectivity index (χ3n) is 5.96. The van der Waals surface area contributed by atoms with Crippen LogP contribution in [0.25, 0.3) is 28.2 Å². The van der Waals surface area contributed by atoms with E-state index in [1.54, 1.807) is 53.2 Å². The lowest BCUT2D eigenvalue weighted by Gasteiger charge is -2.14. The monoisotopic (exact) mass is 495 g/mol. The van der Waals surface area contributed by atoms with Crippen LogP contribution in [0.2, 0.25) is 0 Å². The summed E-state index contributed by atoms with van der Waals surface area (Å²) in [5, 5.41) is 14.8. The van der Waals surface area contributed by atoms with E-state index in [-0.39, 0.29) is 18.1 Å². The molecule has 0 amide bonds. The summed E-state index contributed by atoms with van der Waals surface area (Å²) in [4.78, 5) is 16.4. The predicted molar refractivity (Wildman–Crippen MR) is 126 cm³/mol. The number of methoxy groups -OCH3 is 1. The van der Waals surface area contributed by atoms with Crippen molar-refractivity contribution in [2.24, 2.45) is 5.92 Å². The molecule has 2 heterocycles. The molecule has 0 radical (unpaired) electrons. The van der Waals surface area contributed by atoms with Gasteiger partial charge >= 0.3 is 12.6 Å². The second-order valence-corrected chi connectivity index (χ2v) is 8.42. The number of halogens is 2. The Morgan fingerprint density at radius 3 is 2.69 bits per heavy atom. The third-order valence-corrected chi connectivity index (χ3v) is 5.96. The molecule has 4 aromatic rings. The van der Waals surface area contributed by atoms with Crippen LogP contribution in [0.15, 0.2) is 54.7 Å². The van der Waals surface area contributed by atoms with Crippen LogP contribution in [0.4, 0.5) is 8.78 Å². The molecular formula is C26H23F2N3O5. The van der Waals surface area contributed by atoms with Crippen molar-refractivity contribution in [1.29, 1.82) is 0 Å². The van der Waals surface area contributed by atoms with Crippen LogP contribution in [-0.4, -0.2) is 46.0 Å². The quantitative estimate of drug-likeness (QED) is 0.335. The van der Waals surface area contributed by atoms with Gasteiger partial charge < -0.3 is 19.3 Å². The number of benzene rings is 2. The van der Waals surface area contributed by atoms with Crippen molar-refractivity contribution in [1.82, 2.24) is 14.6 Å². The van der Waals surface area contributed by atoms with Gasteiger partial charge in [0.1, 0.15) is 5.69 Å². The minimum Gasteiger partial charge on any atom is -0.489 e. The summed E-state index contributed by atoms with van der Waals surface area (Å²) in [6.07, 6.45) is 3.67. The van der Waals surface area contributed by atoms with Crippen LogP contribution in [0.1, 0.15) is 28.8 Å². The molecule has 0 unspecified atom stereocenters. The lowest BCUT2D eigenvalue weighted by molar-refractivity contribution is -0.0515. The van der Waals surface area contributed by atoms with Crippen LogP contribution in [0.5, 0.6) is 11.5 Å². The van der Waals surface area contributed by atoms with Gasteiger partial charge in [-0.3, -0.25) is 0 Å². The predicted octanol–water partition coefficient (Wildman–Crippen LogP) is 4.73. The number of hydrogen-bond acceptors (Lipinski definition) is 7. The Morgan fingerprint density at radius 1 is 1.14 bits per heavy atom. The standard InChI is InChI=1S/C26H23F2N3O5/c1-34-25(33)18-4-2-3-17(11-18)23-19(13-32)24-29-10-9-20(31(24)30-23)16-7-8-21(36-26(27)28)22(12-16)35-14-15-5-6-15/h2-4,7-12,15,26,32H,5-6,13-14H2,1H3. The number of aromatic nitrogens is 3. The summed E-state index contributed by atoms with van der Waals surface area (Å²) in [5.41, 5.74) is 3.53. The number of carbonyl (C=O) groups is 1. The number of esters is 1. The zero-order chi connectivity index (χ0) is 25.2. The number of hydrogen-bond donors (Lipinski definition) is 1. The fraction of sp³-hybridized carbons (Fsp3) is 0.269. The number of rotatable bonds is 9. The summed E-state index contributed by atoms with van der Waals surface area (Å²) in [6, 6.07) is 13.2. The van der Waals surface area contributed by atoms with Crippen molar-refractivity contribution in [3.8, 4) is 34.0 Å². The van der Waals surface area contributed by atoms with E-state index in [4.69, 9.17) is 14.6 Å². The minimum atomic E-state index is -2.98. The van der Waals surface area contributed by atoms with Gasteiger partial charge in [-0.1, -0.05) is 12.1 Å². The molecule has 0 atom stereocenters. The lowest BCUT2D eigenvalue weighted by Crippen LogP contribution is -2.06. The first-order valence-electron chi connectivity index (χ1n) is 11.4. The molecule has 10 heteroatoms.